The van der Waals surface area contributed by atoms with Crippen LogP contribution in [0.4, 0.5) is 4.79 Å². The van der Waals surface area contributed by atoms with Gasteiger partial charge in [0.2, 0.25) is 11.8 Å². The Bertz CT molecular complexity index is 730. The zero-order valence-corrected chi connectivity index (χ0v) is 15.6. The number of urea groups is 1. The summed E-state index contributed by atoms with van der Waals surface area (Å²) in [6, 6.07) is 7.21. The summed E-state index contributed by atoms with van der Waals surface area (Å²) in [7, 11) is 0. The Balaban J connectivity index is 1.40. The normalized spacial score (nSPS) is 14.0. The molecule has 27 heavy (non-hydrogen) atoms. The number of pyridine rings is 2. The third-order valence-electron chi connectivity index (χ3n) is 4.38. The highest BCUT2D eigenvalue weighted by Gasteiger charge is 2.16. The van der Waals surface area contributed by atoms with Crippen molar-refractivity contribution in [2.45, 2.75) is 51.8 Å². The van der Waals surface area contributed by atoms with Gasteiger partial charge in [0.05, 0.1) is 6.61 Å². The van der Waals surface area contributed by atoms with Crippen molar-refractivity contribution < 1.29 is 14.3 Å². The highest BCUT2D eigenvalue weighted by Crippen LogP contribution is 2.22. The number of carbonyl (C=O) groups is 1. The van der Waals surface area contributed by atoms with Gasteiger partial charge in [-0.1, -0.05) is 6.07 Å². The van der Waals surface area contributed by atoms with Crippen LogP contribution in [-0.4, -0.2) is 28.7 Å². The molecule has 0 aliphatic heterocycles. The van der Waals surface area contributed by atoms with E-state index in [1.54, 1.807) is 12.4 Å². The van der Waals surface area contributed by atoms with Crippen molar-refractivity contribution in [3.63, 3.8) is 0 Å². The summed E-state index contributed by atoms with van der Waals surface area (Å²) >= 11 is 0. The maximum atomic E-state index is 12.0. The fraction of sp³-hybridized carbons (Fsp3) is 0.450. The fourth-order valence-corrected chi connectivity index (χ4v) is 2.98. The van der Waals surface area contributed by atoms with E-state index in [2.05, 4.69) is 20.6 Å². The second kappa shape index (κ2) is 9.75. The molecular formula is C20H26N4O3. The van der Waals surface area contributed by atoms with E-state index >= 15 is 0 Å². The molecule has 144 valence electrons. The van der Waals surface area contributed by atoms with E-state index in [0.29, 0.717) is 37.6 Å². The smallest absolute Gasteiger partial charge is 0.315 e. The summed E-state index contributed by atoms with van der Waals surface area (Å²) in [5.41, 5.74) is 1.85. The average Bonchev–Trinajstić information content (AvgIpc) is 3.19. The summed E-state index contributed by atoms with van der Waals surface area (Å²) in [6.45, 7) is 3.27. The number of ether oxygens (including phenoxy) is 2. The third-order valence-corrected chi connectivity index (χ3v) is 4.38. The molecule has 2 aromatic rings. The molecule has 0 atom stereocenters. The van der Waals surface area contributed by atoms with Crippen LogP contribution in [-0.2, 0) is 13.1 Å². The molecule has 2 heterocycles. The molecule has 0 unspecified atom stereocenters. The van der Waals surface area contributed by atoms with Crippen molar-refractivity contribution in [1.29, 1.82) is 0 Å². The van der Waals surface area contributed by atoms with Gasteiger partial charge in [-0.15, -0.1) is 0 Å². The Hall–Kier alpha value is -2.83. The van der Waals surface area contributed by atoms with Crippen molar-refractivity contribution >= 4 is 6.03 Å². The standard InChI is InChI=1S/C20H26N4O3/c1-2-26-19-11-15(9-10-21-19)12-23-20(25)24-14-16-7-8-18(22-13-16)27-17-5-3-4-6-17/h7-11,13,17H,2-6,12,14H2,1H3,(H2,23,24,25). The van der Waals surface area contributed by atoms with Crippen molar-refractivity contribution in [3.8, 4) is 11.8 Å². The topological polar surface area (TPSA) is 85.4 Å². The van der Waals surface area contributed by atoms with Crippen molar-refractivity contribution in [2.24, 2.45) is 0 Å². The molecule has 0 radical (unpaired) electrons. The lowest BCUT2D eigenvalue weighted by Crippen LogP contribution is -2.34. The lowest BCUT2D eigenvalue weighted by molar-refractivity contribution is 0.201. The predicted molar refractivity (Wildman–Crippen MR) is 102 cm³/mol. The molecule has 0 saturated heterocycles. The number of rotatable bonds is 8. The summed E-state index contributed by atoms with van der Waals surface area (Å²) in [5, 5.41) is 5.64. The van der Waals surface area contributed by atoms with E-state index in [1.165, 1.54) is 12.8 Å². The second-order valence-electron chi connectivity index (χ2n) is 6.50. The van der Waals surface area contributed by atoms with Gasteiger partial charge in [0.15, 0.2) is 0 Å². The summed E-state index contributed by atoms with van der Waals surface area (Å²) in [4.78, 5) is 20.4. The van der Waals surface area contributed by atoms with Gasteiger partial charge in [-0.2, -0.15) is 0 Å². The second-order valence-corrected chi connectivity index (χ2v) is 6.50. The summed E-state index contributed by atoms with van der Waals surface area (Å²) in [5.74, 6) is 1.21. The molecular weight excluding hydrogens is 344 g/mol. The molecule has 2 aromatic heterocycles. The predicted octanol–water partition coefficient (Wildman–Crippen LogP) is 3.20. The number of hydrogen-bond donors (Lipinski definition) is 2. The first-order chi connectivity index (χ1) is 13.2. The fourth-order valence-electron chi connectivity index (χ4n) is 2.98. The van der Waals surface area contributed by atoms with Gasteiger partial charge in [-0.25, -0.2) is 14.8 Å². The number of carbonyl (C=O) groups excluding carboxylic acids is 1. The molecule has 2 N–H and O–H groups in total. The van der Waals surface area contributed by atoms with E-state index in [-0.39, 0.29) is 6.03 Å². The quantitative estimate of drug-likeness (QED) is 0.745. The molecule has 3 rings (SSSR count). The van der Waals surface area contributed by atoms with Gasteiger partial charge >= 0.3 is 6.03 Å². The van der Waals surface area contributed by atoms with E-state index in [4.69, 9.17) is 9.47 Å². The minimum Gasteiger partial charge on any atom is -0.478 e. The first-order valence-corrected chi connectivity index (χ1v) is 9.44. The lowest BCUT2D eigenvalue weighted by Gasteiger charge is -2.12. The third kappa shape index (κ3) is 6.13. The van der Waals surface area contributed by atoms with E-state index < -0.39 is 0 Å². The largest absolute Gasteiger partial charge is 0.478 e. The van der Waals surface area contributed by atoms with Crippen LogP contribution in [0.15, 0.2) is 36.7 Å². The minimum absolute atomic E-state index is 0.240. The van der Waals surface area contributed by atoms with Crippen LogP contribution in [0.1, 0.15) is 43.7 Å². The Morgan fingerprint density at radius 1 is 1.07 bits per heavy atom. The molecule has 2 amide bonds. The summed E-state index contributed by atoms with van der Waals surface area (Å²) in [6.07, 6.45) is 8.37. The zero-order valence-electron chi connectivity index (χ0n) is 15.6. The van der Waals surface area contributed by atoms with Crippen LogP contribution in [0.5, 0.6) is 11.8 Å². The van der Waals surface area contributed by atoms with Gasteiger partial charge in [-0.3, -0.25) is 0 Å². The van der Waals surface area contributed by atoms with Crippen LogP contribution in [0.25, 0.3) is 0 Å². The van der Waals surface area contributed by atoms with Crippen molar-refractivity contribution in [1.82, 2.24) is 20.6 Å². The number of hydrogen-bond acceptors (Lipinski definition) is 5. The Morgan fingerprint density at radius 3 is 2.56 bits per heavy atom. The zero-order chi connectivity index (χ0) is 18.9. The molecule has 0 aromatic carbocycles. The van der Waals surface area contributed by atoms with Crippen LogP contribution < -0.4 is 20.1 Å². The Labute approximate surface area is 159 Å². The SMILES string of the molecule is CCOc1cc(CNC(=O)NCc2ccc(OC3CCCC3)nc2)ccn1. The van der Waals surface area contributed by atoms with Gasteiger partial charge in [0, 0.05) is 37.6 Å². The van der Waals surface area contributed by atoms with Gasteiger partial charge < -0.3 is 20.1 Å². The van der Waals surface area contributed by atoms with Crippen molar-refractivity contribution in [3.05, 3.63) is 47.8 Å². The van der Waals surface area contributed by atoms with Crippen LogP contribution in [0.3, 0.4) is 0 Å². The van der Waals surface area contributed by atoms with Crippen molar-refractivity contribution in [2.75, 3.05) is 6.61 Å². The molecule has 7 nitrogen and oxygen atoms in total. The number of aromatic nitrogens is 2. The lowest BCUT2D eigenvalue weighted by atomic mass is 10.2. The van der Waals surface area contributed by atoms with Crippen LogP contribution >= 0.6 is 0 Å². The van der Waals surface area contributed by atoms with Crippen LogP contribution in [0, 0.1) is 0 Å². The van der Waals surface area contributed by atoms with Gasteiger partial charge in [0.1, 0.15) is 6.10 Å². The minimum atomic E-state index is -0.240. The van der Waals surface area contributed by atoms with Gasteiger partial charge in [-0.05, 0) is 49.8 Å². The maximum Gasteiger partial charge on any atom is 0.315 e. The van der Waals surface area contributed by atoms with Crippen LogP contribution in [0.2, 0.25) is 0 Å². The maximum absolute atomic E-state index is 12.0. The highest BCUT2D eigenvalue weighted by molar-refractivity contribution is 5.73. The number of amides is 2. The van der Waals surface area contributed by atoms with E-state index in [1.807, 2.05) is 31.2 Å². The first-order valence-electron chi connectivity index (χ1n) is 9.44. The van der Waals surface area contributed by atoms with E-state index in [9.17, 15) is 4.79 Å². The molecule has 1 aliphatic rings. The Kier molecular flexibility index (Phi) is 6.84. The Morgan fingerprint density at radius 2 is 1.85 bits per heavy atom. The molecule has 7 heteroatoms. The molecule has 0 spiro atoms. The van der Waals surface area contributed by atoms with Gasteiger partial charge in [0.25, 0.3) is 0 Å². The summed E-state index contributed by atoms with van der Waals surface area (Å²) < 4.78 is 11.2. The average molecular weight is 370 g/mol. The molecule has 1 fully saturated rings. The van der Waals surface area contributed by atoms with E-state index in [0.717, 1.165) is 24.0 Å². The molecule has 0 bridgehead atoms. The number of nitrogens with zero attached hydrogens (tertiary/aromatic N) is 2. The molecule has 1 saturated carbocycles. The molecule has 1 aliphatic carbocycles. The first kappa shape index (κ1) is 18.9. The number of nitrogens with one attached hydrogen (secondary N) is 2. The highest BCUT2D eigenvalue weighted by atomic mass is 16.5. The monoisotopic (exact) mass is 370 g/mol.